The highest BCUT2D eigenvalue weighted by atomic mass is 32.2. The molecule has 0 saturated heterocycles. The van der Waals surface area contributed by atoms with Gasteiger partial charge < -0.3 is 10.9 Å². The molecule has 0 atom stereocenters. The summed E-state index contributed by atoms with van der Waals surface area (Å²) in [4.78, 5) is 5.36. The van der Waals surface area contributed by atoms with Crippen LogP contribution >= 0.6 is 11.8 Å². The summed E-state index contributed by atoms with van der Waals surface area (Å²) in [5, 5.41) is 12.4. The minimum absolute atomic E-state index is 0.0866. The van der Waals surface area contributed by atoms with Crippen molar-refractivity contribution in [2.24, 2.45) is 10.9 Å². The number of oxime groups is 1. The number of nitrogens with zero attached hydrogens (tertiary/aromatic N) is 2. The first-order chi connectivity index (χ1) is 8.69. The van der Waals surface area contributed by atoms with Gasteiger partial charge in [0.05, 0.1) is 0 Å². The average molecular weight is 259 g/mol. The second-order valence-electron chi connectivity index (χ2n) is 3.79. The van der Waals surface area contributed by atoms with Crippen LogP contribution in [0, 0.1) is 6.92 Å². The van der Waals surface area contributed by atoms with Crippen molar-refractivity contribution in [3.63, 3.8) is 0 Å². The van der Waals surface area contributed by atoms with E-state index in [1.165, 1.54) is 5.56 Å². The summed E-state index contributed by atoms with van der Waals surface area (Å²) in [6.45, 7) is 2.05. The van der Waals surface area contributed by atoms with Crippen molar-refractivity contribution in [3.05, 3.63) is 53.7 Å². The summed E-state index contributed by atoms with van der Waals surface area (Å²) < 4.78 is 0. The van der Waals surface area contributed by atoms with Gasteiger partial charge in [-0.1, -0.05) is 34.6 Å². The van der Waals surface area contributed by atoms with Gasteiger partial charge in [0, 0.05) is 16.7 Å². The van der Waals surface area contributed by atoms with Crippen molar-refractivity contribution in [3.8, 4) is 0 Å². The molecule has 0 radical (unpaired) electrons. The molecule has 3 N–H and O–H groups in total. The molecule has 0 aliphatic heterocycles. The van der Waals surface area contributed by atoms with E-state index in [-0.39, 0.29) is 5.84 Å². The first-order valence-electron chi connectivity index (χ1n) is 5.37. The van der Waals surface area contributed by atoms with E-state index in [1.54, 1.807) is 30.1 Å². The number of nitrogens with two attached hydrogens (primary N) is 1. The van der Waals surface area contributed by atoms with E-state index in [4.69, 9.17) is 10.9 Å². The lowest BCUT2D eigenvalue weighted by Gasteiger charge is -2.04. The molecule has 0 unspecified atom stereocenters. The van der Waals surface area contributed by atoms with Gasteiger partial charge in [-0.2, -0.15) is 0 Å². The Morgan fingerprint density at radius 1 is 1.33 bits per heavy atom. The first kappa shape index (κ1) is 12.4. The minimum Gasteiger partial charge on any atom is -0.409 e. The van der Waals surface area contributed by atoms with Gasteiger partial charge in [-0.25, -0.2) is 4.98 Å². The monoisotopic (exact) mass is 259 g/mol. The molecule has 0 fully saturated rings. The highest BCUT2D eigenvalue weighted by molar-refractivity contribution is 7.99. The molecule has 5 heteroatoms. The van der Waals surface area contributed by atoms with Crippen LogP contribution in [0.2, 0.25) is 0 Å². The molecule has 0 spiro atoms. The summed E-state index contributed by atoms with van der Waals surface area (Å²) in [5.41, 5.74) is 7.40. The fraction of sp³-hybridized carbons (Fsp3) is 0.0769. The van der Waals surface area contributed by atoms with Crippen LogP contribution in [0.1, 0.15) is 11.1 Å². The Morgan fingerprint density at radius 2 is 2.17 bits per heavy atom. The first-order valence-corrected chi connectivity index (χ1v) is 6.19. The molecule has 1 aromatic heterocycles. The second kappa shape index (κ2) is 5.55. The van der Waals surface area contributed by atoms with Crippen LogP contribution in [0.3, 0.4) is 0 Å². The zero-order chi connectivity index (χ0) is 13.0. The SMILES string of the molecule is Cc1cccc(Sc2cc(C(N)=NO)ccn2)c1. The van der Waals surface area contributed by atoms with Crippen LogP contribution in [0.4, 0.5) is 0 Å². The third-order valence-corrected chi connectivity index (χ3v) is 3.27. The quantitative estimate of drug-likeness (QED) is 0.385. The third kappa shape index (κ3) is 3.01. The fourth-order valence-electron chi connectivity index (χ4n) is 1.48. The Bertz CT molecular complexity index is 584. The number of benzene rings is 1. The Balaban J connectivity index is 2.24. The molecular formula is C13H13N3OS. The standard InChI is InChI=1S/C13H13N3OS/c1-9-3-2-4-11(7-9)18-12-8-10(5-6-15-12)13(14)16-17/h2-8,17H,1H3,(H2,14,16). The zero-order valence-corrected chi connectivity index (χ0v) is 10.7. The van der Waals surface area contributed by atoms with Crippen molar-refractivity contribution in [2.75, 3.05) is 0 Å². The van der Waals surface area contributed by atoms with Crippen LogP contribution in [-0.4, -0.2) is 16.0 Å². The lowest BCUT2D eigenvalue weighted by atomic mass is 10.2. The van der Waals surface area contributed by atoms with Crippen molar-refractivity contribution >= 4 is 17.6 Å². The van der Waals surface area contributed by atoms with Gasteiger partial charge in [0.1, 0.15) is 5.03 Å². The van der Waals surface area contributed by atoms with Gasteiger partial charge in [0.25, 0.3) is 0 Å². The molecule has 92 valence electrons. The molecule has 4 nitrogen and oxygen atoms in total. The number of aromatic nitrogens is 1. The smallest absolute Gasteiger partial charge is 0.170 e. The summed E-state index contributed by atoms with van der Waals surface area (Å²) in [7, 11) is 0. The highest BCUT2D eigenvalue weighted by Crippen LogP contribution is 2.26. The zero-order valence-electron chi connectivity index (χ0n) is 9.87. The maximum absolute atomic E-state index is 8.64. The second-order valence-corrected chi connectivity index (χ2v) is 4.88. The molecular weight excluding hydrogens is 246 g/mol. The summed E-state index contributed by atoms with van der Waals surface area (Å²) in [6.07, 6.45) is 1.64. The van der Waals surface area contributed by atoms with Gasteiger partial charge in [-0.3, -0.25) is 0 Å². The normalized spacial score (nSPS) is 11.5. The van der Waals surface area contributed by atoms with Crippen molar-refractivity contribution < 1.29 is 5.21 Å². The molecule has 0 saturated carbocycles. The van der Waals surface area contributed by atoms with E-state index < -0.39 is 0 Å². The van der Waals surface area contributed by atoms with E-state index in [0.29, 0.717) is 5.56 Å². The summed E-state index contributed by atoms with van der Waals surface area (Å²) in [5.74, 6) is 0.0866. The minimum atomic E-state index is 0.0866. The molecule has 0 aliphatic carbocycles. The summed E-state index contributed by atoms with van der Waals surface area (Å²) in [6, 6.07) is 11.7. The predicted molar refractivity (Wildman–Crippen MR) is 72.0 cm³/mol. The lowest BCUT2D eigenvalue weighted by Crippen LogP contribution is -2.13. The number of amidine groups is 1. The molecule has 0 amide bonds. The molecule has 2 aromatic rings. The lowest BCUT2D eigenvalue weighted by molar-refractivity contribution is 0.318. The number of hydrogen-bond acceptors (Lipinski definition) is 4. The van der Waals surface area contributed by atoms with Crippen LogP contribution < -0.4 is 5.73 Å². The number of rotatable bonds is 3. The van der Waals surface area contributed by atoms with Gasteiger partial charge in [-0.15, -0.1) is 0 Å². The van der Waals surface area contributed by atoms with Crippen LogP contribution in [0.5, 0.6) is 0 Å². The van der Waals surface area contributed by atoms with Gasteiger partial charge >= 0.3 is 0 Å². The maximum Gasteiger partial charge on any atom is 0.170 e. The molecule has 0 aliphatic rings. The Kier molecular flexibility index (Phi) is 3.84. The molecule has 0 bridgehead atoms. The van der Waals surface area contributed by atoms with Crippen LogP contribution in [0.15, 0.2) is 57.7 Å². The molecule has 1 heterocycles. The molecule has 2 rings (SSSR count). The van der Waals surface area contributed by atoms with E-state index in [9.17, 15) is 0 Å². The van der Waals surface area contributed by atoms with Crippen molar-refractivity contribution in [1.82, 2.24) is 4.98 Å². The van der Waals surface area contributed by atoms with Gasteiger partial charge in [0.2, 0.25) is 0 Å². The van der Waals surface area contributed by atoms with E-state index in [1.807, 2.05) is 25.1 Å². The van der Waals surface area contributed by atoms with Gasteiger partial charge in [0.15, 0.2) is 5.84 Å². The van der Waals surface area contributed by atoms with Crippen molar-refractivity contribution in [1.29, 1.82) is 0 Å². The largest absolute Gasteiger partial charge is 0.409 e. The average Bonchev–Trinajstić information content (AvgIpc) is 2.38. The van der Waals surface area contributed by atoms with Gasteiger partial charge in [-0.05, 0) is 31.2 Å². The predicted octanol–water partition coefficient (Wildman–Crippen LogP) is 2.64. The van der Waals surface area contributed by atoms with E-state index in [0.717, 1.165) is 9.92 Å². The van der Waals surface area contributed by atoms with Crippen LogP contribution in [-0.2, 0) is 0 Å². The highest BCUT2D eigenvalue weighted by Gasteiger charge is 2.03. The number of aryl methyl sites for hydroxylation is 1. The van der Waals surface area contributed by atoms with E-state index >= 15 is 0 Å². The Labute approximate surface area is 110 Å². The van der Waals surface area contributed by atoms with Crippen LogP contribution in [0.25, 0.3) is 0 Å². The topological polar surface area (TPSA) is 71.5 Å². The Hall–Kier alpha value is -2.01. The maximum atomic E-state index is 8.64. The molecule has 1 aromatic carbocycles. The summed E-state index contributed by atoms with van der Waals surface area (Å²) >= 11 is 1.54. The number of pyridine rings is 1. The third-order valence-electron chi connectivity index (χ3n) is 2.35. The fourth-order valence-corrected chi connectivity index (χ4v) is 2.41. The Morgan fingerprint density at radius 3 is 2.89 bits per heavy atom. The van der Waals surface area contributed by atoms with E-state index in [2.05, 4.69) is 16.2 Å². The number of hydrogen-bond donors (Lipinski definition) is 2. The molecule has 18 heavy (non-hydrogen) atoms. The van der Waals surface area contributed by atoms with Crippen molar-refractivity contribution in [2.45, 2.75) is 16.8 Å².